The Hall–Kier alpha value is -0.950. The standard InChI is InChI=1S/C18H28N2O3S/c21-14-16-13-20(12-15(16)11-19-6-8-23-9-7-19)18(22)5-1-3-17-4-2-10-24-17/h2,4,10,15-16,21H,1,3,5-9,11-14H2/t15-,16-/m1/s1. The van der Waals surface area contributed by atoms with E-state index in [4.69, 9.17) is 4.74 Å². The van der Waals surface area contributed by atoms with Crippen LogP contribution >= 0.6 is 11.3 Å². The minimum absolute atomic E-state index is 0.175. The van der Waals surface area contributed by atoms with Crippen LogP contribution in [0, 0.1) is 11.8 Å². The van der Waals surface area contributed by atoms with Crippen LogP contribution in [0.1, 0.15) is 17.7 Å². The topological polar surface area (TPSA) is 53.0 Å². The molecule has 0 spiro atoms. The summed E-state index contributed by atoms with van der Waals surface area (Å²) in [5.74, 6) is 0.845. The Morgan fingerprint density at radius 3 is 2.79 bits per heavy atom. The lowest BCUT2D eigenvalue weighted by Gasteiger charge is -2.30. The number of hydrogen-bond acceptors (Lipinski definition) is 5. The summed E-state index contributed by atoms with van der Waals surface area (Å²) >= 11 is 1.76. The summed E-state index contributed by atoms with van der Waals surface area (Å²) in [6, 6.07) is 4.19. The van der Waals surface area contributed by atoms with Crippen molar-refractivity contribution in [1.29, 1.82) is 0 Å². The van der Waals surface area contributed by atoms with Crippen LogP contribution in [-0.2, 0) is 16.0 Å². The third kappa shape index (κ3) is 4.79. The molecule has 0 aromatic carbocycles. The fourth-order valence-corrected chi connectivity index (χ4v) is 4.45. The number of amides is 1. The molecule has 2 atom stereocenters. The van der Waals surface area contributed by atoms with E-state index in [-0.39, 0.29) is 18.4 Å². The van der Waals surface area contributed by atoms with E-state index in [1.807, 2.05) is 4.90 Å². The monoisotopic (exact) mass is 352 g/mol. The molecule has 1 aromatic heterocycles. The fourth-order valence-electron chi connectivity index (χ4n) is 3.70. The summed E-state index contributed by atoms with van der Waals surface area (Å²) in [7, 11) is 0. The molecule has 2 aliphatic heterocycles. The number of hydrogen-bond donors (Lipinski definition) is 1. The highest BCUT2D eigenvalue weighted by Gasteiger charge is 2.35. The lowest BCUT2D eigenvalue weighted by Crippen LogP contribution is -2.41. The lowest BCUT2D eigenvalue weighted by atomic mass is 9.96. The average molecular weight is 353 g/mol. The van der Waals surface area contributed by atoms with Gasteiger partial charge >= 0.3 is 0 Å². The van der Waals surface area contributed by atoms with Crippen molar-refractivity contribution in [2.75, 3.05) is 52.5 Å². The van der Waals surface area contributed by atoms with Crippen molar-refractivity contribution in [1.82, 2.24) is 9.80 Å². The van der Waals surface area contributed by atoms with E-state index in [0.717, 1.165) is 52.2 Å². The number of ether oxygens (including phenoxy) is 1. The quantitative estimate of drug-likeness (QED) is 0.807. The van der Waals surface area contributed by atoms with Crippen LogP contribution < -0.4 is 0 Å². The number of nitrogens with zero attached hydrogens (tertiary/aromatic N) is 2. The smallest absolute Gasteiger partial charge is 0.222 e. The number of thiophene rings is 1. The average Bonchev–Trinajstić information content (AvgIpc) is 3.25. The van der Waals surface area contributed by atoms with Crippen molar-refractivity contribution in [2.45, 2.75) is 19.3 Å². The third-order valence-electron chi connectivity index (χ3n) is 5.15. The molecule has 0 aliphatic carbocycles. The Morgan fingerprint density at radius 2 is 2.08 bits per heavy atom. The molecular formula is C18H28N2O3S. The molecule has 1 amide bonds. The van der Waals surface area contributed by atoms with Crippen LogP contribution in [-0.4, -0.2) is 73.4 Å². The van der Waals surface area contributed by atoms with Gasteiger partial charge in [-0.3, -0.25) is 9.69 Å². The third-order valence-corrected chi connectivity index (χ3v) is 6.09. The number of carbonyl (C=O) groups is 1. The van der Waals surface area contributed by atoms with Gasteiger partial charge in [0.2, 0.25) is 5.91 Å². The second-order valence-electron chi connectivity index (χ2n) is 6.85. The number of likely N-dealkylation sites (tertiary alicyclic amines) is 1. The highest BCUT2D eigenvalue weighted by Crippen LogP contribution is 2.25. The molecule has 2 fully saturated rings. The van der Waals surface area contributed by atoms with Crippen LogP contribution in [0.5, 0.6) is 0 Å². The number of aryl methyl sites for hydroxylation is 1. The van der Waals surface area contributed by atoms with Crippen molar-refractivity contribution < 1.29 is 14.6 Å². The van der Waals surface area contributed by atoms with Gasteiger partial charge in [0.25, 0.3) is 0 Å². The van der Waals surface area contributed by atoms with Crippen LogP contribution in [0.15, 0.2) is 17.5 Å². The van der Waals surface area contributed by atoms with E-state index < -0.39 is 0 Å². The predicted molar refractivity (Wildman–Crippen MR) is 95.2 cm³/mol. The Labute approximate surface area is 148 Å². The van der Waals surface area contributed by atoms with Gasteiger partial charge in [-0.25, -0.2) is 0 Å². The summed E-state index contributed by atoms with van der Waals surface area (Å²) in [5, 5.41) is 11.8. The van der Waals surface area contributed by atoms with Crippen molar-refractivity contribution in [3.63, 3.8) is 0 Å². The van der Waals surface area contributed by atoms with E-state index in [1.54, 1.807) is 11.3 Å². The van der Waals surface area contributed by atoms with Gasteiger partial charge in [-0.05, 0) is 30.2 Å². The number of rotatable bonds is 7. The Balaban J connectivity index is 1.44. The number of aliphatic hydroxyl groups excluding tert-OH is 1. The van der Waals surface area contributed by atoms with Crippen LogP contribution in [0.3, 0.4) is 0 Å². The first-order chi connectivity index (χ1) is 11.8. The zero-order valence-corrected chi connectivity index (χ0v) is 15.0. The van der Waals surface area contributed by atoms with E-state index in [2.05, 4.69) is 22.4 Å². The van der Waals surface area contributed by atoms with E-state index >= 15 is 0 Å². The first-order valence-electron chi connectivity index (χ1n) is 8.97. The molecule has 6 heteroatoms. The van der Waals surface area contributed by atoms with Crippen LogP contribution in [0.25, 0.3) is 0 Å². The molecule has 5 nitrogen and oxygen atoms in total. The van der Waals surface area contributed by atoms with E-state index in [9.17, 15) is 9.90 Å². The Bertz CT molecular complexity index is 502. The van der Waals surface area contributed by atoms with E-state index in [0.29, 0.717) is 18.9 Å². The predicted octanol–water partition coefficient (Wildman–Crippen LogP) is 1.47. The molecule has 0 radical (unpaired) electrons. The maximum absolute atomic E-state index is 12.5. The van der Waals surface area contributed by atoms with Crippen molar-refractivity contribution in [3.8, 4) is 0 Å². The molecule has 3 heterocycles. The maximum Gasteiger partial charge on any atom is 0.222 e. The van der Waals surface area contributed by atoms with Crippen molar-refractivity contribution >= 4 is 17.2 Å². The molecule has 0 bridgehead atoms. The molecule has 24 heavy (non-hydrogen) atoms. The molecule has 2 aliphatic rings. The molecule has 134 valence electrons. The normalized spacial score (nSPS) is 25.3. The molecule has 1 N–H and O–H groups in total. The van der Waals surface area contributed by atoms with Gasteiger partial charge in [-0.15, -0.1) is 11.3 Å². The van der Waals surface area contributed by atoms with Gasteiger partial charge in [0.15, 0.2) is 0 Å². The molecule has 1 aromatic rings. The molecule has 0 unspecified atom stereocenters. The summed E-state index contributed by atoms with van der Waals surface area (Å²) in [4.78, 5) is 18.2. The number of aliphatic hydroxyl groups is 1. The summed E-state index contributed by atoms with van der Waals surface area (Å²) < 4.78 is 5.40. The van der Waals surface area contributed by atoms with Crippen molar-refractivity contribution in [2.24, 2.45) is 11.8 Å². The minimum atomic E-state index is 0.175. The van der Waals surface area contributed by atoms with Gasteiger partial charge in [-0.2, -0.15) is 0 Å². The van der Waals surface area contributed by atoms with E-state index in [1.165, 1.54) is 4.88 Å². The second-order valence-corrected chi connectivity index (χ2v) is 7.88. The maximum atomic E-state index is 12.5. The van der Waals surface area contributed by atoms with Crippen LogP contribution in [0.4, 0.5) is 0 Å². The molecule has 2 saturated heterocycles. The van der Waals surface area contributed by atoms with Crippen LogP contribution in [0.2, 0.25) is 0 Å². The Morgan fingerprint density at radius 1 is 1.29 bits per heavy atom. The lowest BCUT2D eigenvalue weighted by molar-refractivity contribution is -0.130. The van der Waals surface area contributed by atoms with Crippen molar-refractivity contribution in [3.05, 3.63) is 22.4 Å². The van der Waals surface area contributed by atoms with Gasteiger partial charge in [0.05, 0.1) is 13.2 Å². The minimum Gasteiger partial charge on any atom is -0.396 e. The largest absolute Gasteiger partial charge is 0.396 e. The summed E-state index contributed by atoms with van der Waals surface area (Å²) in [6.07, 6.45) is 2.51. The zero-order chi connectivity index (χ0) is 16.8. The molecular weight excluding hydrogens is 324 g/mol. The molecule has 0 saturated carbocycles. The summed E-state index contributed by atoms with van der Waals surface area (Å²) in [6.45, 7) is 6.15. The fraction of sp³-hybridized carbons (Fsp3) is 0.722. The SMILES string of the molecule is O=C(CCCc1cccs1)N1C[C@@H](CN2CCOCC2)[C@@H](CO)C1. The van der Waals surface area contributed by atoms with Gasteiger partial charge in [0, 0.05) is 56.5 Å². The van der Waals surface area contributed by atoms with Gasteiger partial charge in [-0.1, -0.05) is 6.07 Å². The van der Waals surface area contributed by atoms with Gasteiger partial charge in [0.1, 0.15) is 0 Å². The Kier molecular flexibility index (Phi) is 6.66. The first-order valence-corrected chi connectivity index (χ1v) is 9.85. The van der Waals surface area contributed by atoms with Gasteiger partial charge < -0.3 is 14.7 Å². The highest BCUT2D eigenvalue weighted by atomic mass is 32.1. The molecule has 3 rings (SSSR count). The summed E-state index contributed by atoms with van der Waals surface area (Å²) in [5.41, 5.74) is 0. The number of morpholine rings is 1. The zero-order valence-electron chi connectivity index (χ0n) is 14.2. The highest BCUT2D eigenvalue weighted by molar-refractivity contribution is 7.09. The first kappa shape index (κ1) is 17.9. The number of carbonyl (C=O) groups excluding carboxylic acids is 1. The second kappa shape index (κ2) is 8.94.